The molecule has 0 aromatic heterocycles. The lowest BCUT2D eigenvalue weighted by atomic mass is 9.94. The van der Waals surface area contributed by atoms with Crippen molar-refractivity contribution < 1.29 is 4.79 Å². The van der Waals surface area contributed by atoms with Crippen LogP contribution in [-0.2, 0) is 0 Å². The van der Waals surface area contributed by atoms with Crippen molar-refractivity contribution in [2.75, 3.05) is 25.9 Å². The lowest BCUT2D eigenvalue weighted by Crippen LogP contribution is -2.41. The van der Waals surface area contributed by atoms with E-state index in [0.29, 0.717) is 22.5 Å². The highest BCUT2D eigenvalue weighted by Gasteiger charge is 2.37. The van der Waals surface area contributed by atoms with Gasteiger partial charge < -0.3 is 10.2 Å². The summed E-state index contributed by atoms with van der Waals surface area (Å²) in [6.07, 6.45) is 4.44. The molecule has 2 heterocycles. The van der Waals surface area contributed by atoms with Gasteiger partial charge in [-0.05, 0) is 49.8 Å². The van der Waals surface area contributed by atoms with Crippen molar-refractivity contribution in [3.63, 3.8) is 0 Å². The number of rotatable bonds is 2. The standard InChI is InChI=1S/C15H19ClN2OS/c1-20-11-4-5-13(16)12(7-11)15(19)18-8-10-3-2-6-17-14(10)9-18/h4-5,7,10,14,17H,2-3,6,8-9H2,1H3/t10-,14+/m0/s1. The second-order valence-electron chi connectivity index (χ2n) is 5.52. The van der Waals surface area contributed by atoms with Crippen LogP contribution in [0.15, 0.2) is 23.1 Å². The summed E-state index contributed by atoms with van der Waals surface area (Å²) < 4.78 is 0. The minimum Gasteiger partial charge on any atom is -0.337 e. The Labute approximate surface area is 129 Å². The van der Waals surface area contributed by atoms with Gasteiger partial charge in [-0.2, -0.15) is 0 Å². The Bertz CT molecular complexity index is 509. The summed E-state index contributed by atoms with van der Waals surface area (Å²) in [5.41, 5.74) is 0.636. The van der Waals surface area contributed by atoms with E-state index in [1.165, 1.54) is 12.8 Å². The van der Waals surface area contributed by atoms with E-state index in [2.05, 4.69) is 5.32 Å². The molecule has 2 saturated heterocycles. The van der Waals surface area contributed by atoms with Crippen LogP contribution in [0.1, 0.15) is 23.2 Å². The van der Waals surface area contributed by atoms with Gasteiger partial charge in [0.05, 0.1) is 10.6 Å². The van der Waals surface area contributed by atoms with E-state index in [1.54, 1.807) is 11.8 Å². The lowest BCUT2D eigenvalue weighted by molar-refractivity contribution is 0.0785. The van der Waals surface area contributed by atoms with Crippen molar-refractivity contribution in [1.29, 1.82) is 0 Å². The number of thioether (sulfide) groups is 1. The number of nitrogens with one attached hydrogen (secondary N) is 1. The SMILES string of the molecule is CSc1ccc(Cl)c(C(=O)N2C[C@@H]3CCCN[C@@H]3C2)c1. The molecular formula is C15H19ClN2OS. The number of piperidine rings is 1. The molecule has 1 aromatic carbocycles. The third kappa shape index (κ3) is 2.69. The van der Waals surface area contributed by atoms with E-state index < -0.39 is 0 Å². The van der Waals surface area contributed by atoms with Gasteiger partial charge in [0.1, 0.15) is 0 Å². The van der Waals surface area contributed by atoms with Crippen LogP contribution >= 0.6 is 23.4 Å². The van der Waals surface area contributed by atoms with Crippen LogP contribution in [0, 0.1) is 5.92 Å². The van der Waals surface area contributed by atoms with Crippen molar-refractivity contribution >= 4 is 29.3 Å². The smallest absolute Gasteiger partial charge is 0.255 e. The number of nitrogens with zero attached hydrogens (tertiary/aromatic N) is 1. The Hall–Kier alpha value is -0.710. The van der Waals surface area contributed by atoms with Gasteiger partial charge in [-0.1, -0.05) is 11.6 Å². The molecule has 0 radical (unpaired) electrons. The zero-order valence-electron chi connectivity index (χ0n) is 11.6. The molecule has 1 amide bonds. The minimum atomic E-state index is 0.0714. The van der Waals surface area contributed by atoms with Crippen LogP contribution in [0.5, 0.6) is 0 Å². The van der Waals surface area contributed by atoms with Gasteiger partial charge >= 0.3 is 0 Å². The first kappa shape index (κ1) is 14.2. The predicted octanol–water partition coefficient (Wildman–Crippen LogP) is 2.89. The summed E-state index contributed by atoms with van der Waals surface area (Å²) >= 11 is 7.84. The number of amides is 1. The highest BCUT2D eigenvalue weighted by atomic mass is 35.5. The fourth-order valence-electron chi connectivity index (χ4n) is 3.18. The van der Waals surface area contributed by atoms with Crippen molar-refractivity contribution in [3.8, 4) is 0 Å². The molecule has 0 aliphatic carbocycles. The molecule has 3 rings (SSSR count). The highest BCUT2D eigenvalue weighted by molar-refractivity contribution is 7.98. The first-order valence-electron chi connectivity index (χ1n) is 7.05. The summed E-state index contributed by atoms with van der Waals surface area (Å²) in [7, 11) is 0. The fourth-order valence-corrected chi connectivity index (χ4v) is 3.82. The molecular weight excluding hydrogens is 292 g/mol. The summed E-state index contributed by atoms with van der Waals surface area (Å²) in [4.78, 5) is 15.7. The number of hydrogen-bond acceptors (Lipinski definition) is 3. The fraction of sp³-hybridized carbons (Fsp3) is 0.533. The molecule has 2 aliphatic rings. The van der Waals surface area contributed by atoms with E-state index in [-0.39, 0.29) is 5.91 Å². The molecule has 1 aromatic rings. The maximum Gasteiger partial charge on any atom is 0.255 e. The van der Waals surface area contributed by atoms with Gasteiger partial charge in [-0.15, -0.1) is 11.8 Å². The van der Waals surface area contributed by atoms with E-state index in [0.717, 1.165) is 24.5 Å². The van der Waals surface area contributed by atoms with Crippen LogP contribution in [0.25, 0.3) is 0 Å². The van der Waals surface area contributed by atoms with E-state index >= 15 is 0 Å². The Balaban J connectivity index is 1.79. The van der Waals surface area contributed by atoms with E-state index in [9.17, 15) is 4.79 Å². The maximum atomic E-state index is 12.7. The molecule has 0 unspecified atom stereocenters. The molecule has 20 heavy (non-hydrogen) atoms. The zero-order chi connectivity index (χ0) is 14.1. The third-order valence-electron chi connectivity index (χ3n) is 4.29. The van der Waals surface area contributed by atoms with Crippen molar-refractivity contribution in [3.05, 3.63) is 28.8 Å². The molecule has 108 valence electrons. The quantitative estimate of drug-likeness (QED) is 0.853. The van der Waals surface area contributed by atoms with Gasteiger partial charge in [0.25, 0.3) is 5.91 Å². The molecule has 0 saturated carbocycles. The topological polar surface area (TPSA) is 32.3 Å². The number of carbonyl (C=O) groups excluding carboxylic acids is 1. The second-order valence-corrected chi connectivity index (χ2v) is 6.81. The summed E-state index contributed by atoms with van der Waals surface area (Å²) in [6.45, 7) is 2.74. The average molecular weight is 311 g/mol. The number of fused-ring (bicyclic) bond motifs is 1. The van der Waals surface area contributed by atoms with Crippen LogP contribution in [0.2, 0.25) is 5.02 Å². The van der Waals surface area contributed by atoms with Crippen LogP contribution in [0.3, 0.4) is 0 Å². The molecule has 2 atom stereocenters. The maximum absolute atomic E-state index is 12.7. The van der Waals surface area contributed by atoms with Crippen molar-refractivity contribution in [2.45, 2.75) is 23.8 Å². The molecule has 2 aliphatic heterocycles. The summed E-state index contributed by atoms with van der Waals surface area (Å²) in [5, 5.41) is 4.08. The zero-order valence-corrected chi connectivity index (χ0v) is 13.1. The van der Waals surface area contributed by atoms with Crippen LogP contribution < -0.4 is 5.32 Å². The third-order valence-corrected chi connectivity index (χ3v) is 5.35. The molecule has 2 fully saturated rings. The Morgan fingerprint density at radius 1 is 1.45 bits per heavy atom. The monoisotopic (exact) mass is 310 g/mol. The molecule has 0 bridgehead atoms. The second kappa shape index (κ2) is 5.96. The largest absolute Gasteiger partial charge is 0.337 e. The average Bonchev–Trinajstić information content (AvgIpc) is 2.91. The Morgan fingerprint density at radius 2 is 2.30 bits per heavy atom. The van der Waals surface area contributed by atoms with Crippen LogP contribution in [0.4, 0.5) is 0 Å². The van der Waals surface area contributed by atoms with E-state index in [1.807, 2.05) is 29.4 Å². The number of likely N-dealkylation sites (tertiary alicyclic amines) is 1. The molecule has 0 spiro atoms. The van der Waals surface area contributed by atoms with Gasteiger partial charge in [-0.3, -0.25) is 4.79 Å². The molecule has 5 heteroatoms. The normalized spacial score (nSPS) is 25.6. The van der Waals surface area contributed by atoms with Crippen LogP contribution in [-0.4, -0.2) is 42.7 Å². The minimum absolute atomic E-state index is 0.0714. The number of benzene rings is 1. The van der Waals surface area contributed by atoms with Gasteiger partial charge in [0.15, 0.2) is 0 Å². The number of hydrogen-bond donors (Lipinski definition) is 1. The molecule has 1 N–H and O–H groups in total. The van der Waals surface area contributed by atoms with E-state index in [4.69, 9.17) is 11.6 Å². The first-order valence-corrected chi connectivity index (χ1v) is 8.65. The first-order chi connectivity index (χ1) is 9.69. The lowest BCUT2D eigenvalue weighted by Gasteiger charge is -2.24. The number of carbonyl (C=O) groups is 1. The van der Waals surface area contributed by atoms with Gasteiger partial charge in [-0.25, -0.2) is 0 Å². The summed E-state index contributed by atoms with van der Waals surface area (Å²) in [5.74, 6) is 0.678. The van der Waals surface area contributed by atoms with Crippen molar-refractivity contribution in [2.24, 2.45) is 5.92 Å². The van der Waals surface area contributed by atoms with Gasteiger partial charge in [0, 0.05) is 24.0 Å². The summed E-state index contributed by atoms with van der Waals surface area (Å²) in [6, 6.07) is 6.15. The highest BCUT2D eigenvalue weighted by Crippen LogP contribution is 2.29. The predicted molar refractivity (Wildman–Crippen MR) is 83.7 cm³/mol. The number of halogens is 1. The van der Waals surface area contributed by atoms with Crippen molar-refractivity contribution in [1.82, 2.24) is 10.2 Å². The Morgan fingerprint density at radius 3 is 3.05 bits per heavy atom. The Kier molecular flexibility index (Phi) is 4.24. The van der Waals surface area contributed by atoms with Gasteiger partial charge in [0.2, 0.25) is 0 Å². The molecule has 3 nitrogen and oxygen atoms in total.